The first-order valence-corrected chi connectivity index (χ1v) is 8.71. The van der Waals surface area contributed by atoms with Gasteiger partial charge in [0, 0.05) is 22.2 Å². The lowest BCUT2D eigenvalue weighted by Gasteiger charge is -2.16. The van der Waals surface area contributed by atoms with E-state index in [0.29, 0.717) is 28.7 Å². The van der Waals surface area contributed by atoms with Gasteiger partial charge in [0.15, 0.2) is 5.96 Å². The molecule has 0 bridgehead atoms. The molecule has 5 N–H and O–H groups in total. The first kappa shape index (κ1) is 19.9. The molecular formula is C18H20Cl2N4O2. The standard InChI is InChI=1S/C18H20Cl2N4O2/c1-11(15-7-4-13(19)10-16(15)20)24-18(21)23-9-8-22-17(26)12-2-5-14(25)6-3-12/h2-7,10-11,25H,8-9H2,1H3,(H,22,26)(H3,21,23,24). The van der Waals surface area contributed by atoms with Crippen LogP contribution in [-0.2, 0) is 0 Å². The van der Waals surface area contributed by atoms with Crippen LogP contribution >= 0.6 is 23.2 Å². The third-order valence-corrected chi connectivity index (χ3v) is 4.16. The Labute approximate surface area is 162 Å². The lowest BCUT2D eigenvalue weighted by atomic mass is 10.1. The summed E-state index contributed by atoms with van der Waals surface area (Å²) in [6.45, 7) is 2.56. The molecule has 0 aliphatic heterocycles. The van der Waals surface area contributed by atoms with Crippen molar-refractivity contribution >= 4 is 35.1 Å². The van der Waals surface area contributed by atoms with E-state index in [1.165, 1.54) is 12.1 Å². The van der Waals surface area contributed by atoms with Crippen LogP contribution in [0.2, 0.25) is 10.0 Å². The minimum Gasteiger partial charge on any atom is -0.508 e. The van der Waals surface area contributed by atoms with Crippen LogP contribution < -0.4 is 16.4 Å². The number of benzene rings is 2. The van der Waals surface area contributed by atoms with Gasteiger partial charge in [0.1, 0.15) is 5.75 Å². The molecule has 0 radical (unpaired) electrons. The molecule has 6 nitrogen and oxygen atoms in total. The molecule has 0 aromatic heterocycles. The summed E-state index contributed by atoms with van der Waals surface area (Å²) in [4.78, 5) is 16.1. The number of carbonyl (C=O) groups excluding carboxylic acids is 1. The van der Waals surface area contributed by atoms with E-state index in [9.17, 15) is 9.90 Å². The fourth-order valence-electron chi connectivity index (χ4n) is 2.26. The van der Waals surface area contributed by atoms with Gasteiger partial charge in [-0.1, -0.05) is 29.3 Å². The summed E-state index contributed by atoms with van der Waals surface area (Å²) < 4.78 is 0. The van der Waals surface area contributed by atoms with Gasteiger partial charge in [-0.2, -0.15) is 0 Å². The first-order valence-electron chi connectivity index (χ1n) is 7.95. The van der Waals surface area contributed by atoms with Crippen molar-refractivity contribution in [1.29, 1.82) is 0 Å². The predicted octanol–water partition coefficient (Wildman–Crippen LogP) is 3.09. The van der Waals surface area contributed by atoms with E-state index < -0.39 is 0 Å². The average Bonchev–Trinajstić information content (AvgIpc) is 2.59. The number of amides is 1. The lowest BCUT2D eigenvalue weighted by molar-refractivity contribution is 0.0955. The van der Waals surface area contributed by atoms with E-state index in [1.807, 2.05) is 13.0 Å². The van der Waals surface area contributed by atoms with Crippen LogP contribution in [0.25, 0.3) is 0 Å². The van der Waals surface area contributed by atoms with Crippen LogP contribution in [0.5, 0.6) is 5.75 Å². The predicted molar refractivity (Wildman–Crippen MR) is 105 cm³/mol. The van der Waals surface area contributed by atoms with E-state index in [-0.39, 0.29) is 23.7 Å². The van der Waals surface area contributed by atoms with Crippen molar-refractivity contribution < 1.29 is 9.90 Å². The highest BCUT2D eigenvalue weighted by atomic mass is 35.5. The van der Waals surface area contributed by atoms with Gasteiger partial charge in [-0.25, -0.2) is 0 Å². The molecule has 0 saturated carbocycles. The Kier molecular flexibility index (Phi) is 7.12. The summed E-state index contributed by atoms with van der Waals surface area (Å²) in [5.41, 5.74) is 7.18. The van der Waals surface area contributed by atoms with Crippen LogP contribution in [0.15, 0.2) is 47.5 Å². The summed E-state index contributed by atoms with van der Waals surface area (Å²) >= 11 is 12.1. The maximum Gasteiger partial charge on any atom is 0.251 e. The Bertz CT molecular complexity index is 794. The second kappa shape index (κ2) is 9.31. The van der Waals surface area contributed by atoms with E-state index in [0.717, 1.165) is 5.56 Å². The number of phenolic OH excluding ortho intramolecular Hbond substituents is 1. The second-order valence-corrected chi connectivity index (χ2v) is 6.45. The Balaban J connectivity index is 1.80. The minimum atomic E-state index is -0.243. The normalized spacial score (nSPS) is 12.5. The summed E-state index contributed by atoms with van der Waals surface area (Å²) in [7, 11) is 0. The minimum absolute atomic E-state index is 0.111. The molecular weight excluding hydrogens is 375 g/mol. The number of rotatable bonds is 6. The molecule has 0 saturated heterocycles. The van der Waals surface area contributed by atoms with Gasteiger partial charge in [0.05, 0.1) is 12.6 Å². The molecule has 138 valence electrons. The molecule has 1 amide bonds. The van der Waals surface area contributed by atoms with Crippen LogP contribution in [0.3, 0.4) is 0 Å². The van der Waals surface area contributed by atoms with Gasteiger partial charge < -0.3 is 21.5 Å². The SMILES string of the molecule is CC(NC(N)=NCCNC(=O)c1ccc(O)cc1)c1ccc(Cl)cc1Cl. The zero-order valence-electron chi connectivity index (χ0n) is 14.2. The van der Waals surface area contributed by atoms with Crippen molar-refractivity contribution in [2.45, 2.75) is 13.0 Å². The summed E-state index contributed by atoms with van der Waals surface area (Å²) in [5, 5.41) is 16.1. The monoisotopic (exact) mass is 394 g/mol. The van der Waals surface area contributed by atoms with E-state index in [2.05, 4.69) is 15.6 Å². The van der Waals surface area contributed by atoms with Gasteiger partial charge in [-0.15, -0.1) is 0 Å². The van der Waals surface area contributed by atoms with Crippen molar-refractivity contribution in [1.82, 2.24) is 10.6 Å². The van der Waals surface area contributed by atoms with Crippen LogP contribution in [0.4, 0.5) is 0 Å². The quantitative estimate of drug-likeness (QED) is 0.343. The number of carbonyl (C=O) groups is 1. The van der Waals surface area contributed by atoms with Crippen molar-refractivity contribution in [3.63, 3.8) is 0 Å². The molecule has 26 heavy (non-hydrogen) atoms. The fraction of sp³-hybridized carbons (Fsp3) is 0.222. The van der Waals surface area contributed by atoms with Gasteiger partial charge in [-0.05, 0) is 48.9 Å². The number of nitrogens with two attached hydrogens (primary N) is 1. The van der Waals surface area contributed by atoms with Crippen LogP contribution in [0, 0.1) is 0 Å². The van der Waals surface area contributed by atoms with Crippen molar-refractivity contribution in [2.75, 3.05) is 13.1 Å². The van der Waals surface area contributed by atoms with Crippen molar-refractivity contribution in [3.05, 3.63) is 63.6 Å². The molecule has 1 atom stereocenters. The maximum absolute atomic E-state index is 11.9. The summed E-state index contributed by atoms with van der Waals surface area (Å²) in [6.07, 6.45) is 0. The molecule has 2 aromatic rings. The number of phenols is 1. The fourth-order valence-corrected chi connectivity index (χ4v) is 2.83. The molecule has 2 aromatic carbocycles. The Morgan fingerprint density at radius 2 is 1.92 bits per heavy atom. The lowest BCUT2D eigenvalue weighted by Crippen LogP contribution is -2.35. The number of hydrogen-bond acceptors (Lipinski definition) is 3. The molecule has 0 spiro atoms. The van der Waals surface area contributed by atoms with Crippen molar-refractivity contribution in [2.24, 2.45) is 10.7 Å². The first-order chi connectivity index (χ1) is 12.4. The Hall–Kier alpha value is -2.44. The molecule has 1 unspecified atom stereocenters. The largest absolute Gasteiger partial charge is 0.508 e. The van der Waals surface area contributed by atoms with Gasteiger partial charge >= 0.3 is 0 Å². The topological polar surface area (TPSA) is 99.7 Å². The maximum atomic E-state index is 11.9. The number of guanidine groups is 1. The number of halogens is 2. The Morgan fingerprint density at radius 3 is 2.58 bits per heavy atom. The molecule has 0 aliphatic rings. The summed E-state index contributed by atoms with van der Waals surface area (Å²) in [5.74, 6) is 0.121. The van der Waals surface area contributed by atoms with Gasteiger partial charge in [0.25, 0.3) is 5.91 Å². The third-order valence-electron chi connectivity index (χ3n) is 3.60. The highest BCUT2D eigenvalue weighted by Gasteiger charge is 2.10. The summed E-state index contributed by atoms with van der Waals surface area (Å²) in [6, 6.07) is 11.1. The van der Waals surface area contributed by atoms with E-state index in [4.69, 9.17) is 28.9 Å². The number of nitrogens with zero attached hydrogens (tertiary/aromatic N) is 1. The van der Waals surface area contributed by atoms with Gasteiger partial charge in [-0.3, -0.25) is 9.79 Å². The van der Waals surface area contributed by atoms with Crippen LogP contribution in [0.1, 0.15) is 28.9 Å². The highest BCUT2D eigenvalue weighted by Crippen LogP contribution is 2.25. The molecule has 2 rings (SSSR count). The smallest absolute Gasteiger partial charge is 0.251 e. The van der Waals surface area contributed by atoms with E-state index in [1.54, 1.807) is 24.3 Å². The van der Waals surface area contributed by atoms with Crippen LogP contribution in [-0.4, -0.2) is 30.1 Å². The number of nitrogens with one attached hydrogen (secondary N) is 2. The number of aliphatic imine (C=N–C) groups is 1. The zero-order valence-corrected chi connectivity index (χ0v) is 15.7. The zero-order chi connectivity index (χ0) is 19.1. The number of aromatic hydroxyl groups is 1. The molecule has 0 aliphatic carbocycles. The van der Waals surface area contributed by atoms with Crippen molar-refractivity contribution in [3.8, 4) is 5.75 Å². The van der Waals surface area contributed by atoms with E-state index >= 15 is 0 Å². The van der Waals surface area contributed by atoms with Gasteiger partial charge in [0.2, 0.25) is 0 Å². The highest BCUT2D eigenvalue weighted by molar-refractivity contribution is 6.35. The molecule has 0 fully saturated rings. The second-order valence-electron chi connectivity index (χ2n) is 5.60. The third kappa shape index (κ3) is 5.82. The number of hydrogen-bond donors (Lipinski definition) is 4. The Morgan fingerprint density at radius 1 is 1.23 bits per heavy atom. The average molecular weight is 395 g/mol. The molecule has 0 heterocycles. The molecule has 8 heteroatoms.